The number of Topliss-reactive ketones (excluding diaryl/α,β-unsaturated/α-hetero) is 1. The van der Waals surface area contributed by atoms with Gasteiger partial charge in [0.1, 0.15) is 12.4 Å². The Hall–Kier alpha value is -0.980. The minimum absolute atomic E-state index is 0.0176. The lowest BCUT2D eigenvalue weighted by atomic mass is 9.56. The van der Waals surface area contributed by atoms with E-state index in [4.69, 9.17) is 9.26 Å². The van der Waals surface area contributed by atoms with Crippen LogP contribution in [0.4, 0.5) is 0 Å². The first-order valence-electron chi connectivity index (χ1n) is 9.22. The van der Waals surface area contributed by atoms with Crippen molar-refractivity contribution in [3.8, 4) is 5.75 Å². The minimum Gasteiger partial charge on any atom is -0.507 e. The normalized spacial score (nSPS) is 27.0. The summed E-state index contributed by atoms with van der Waals surface area (Å²) < 4.78 is 10.6. The number of halogens is 1. The van der Waals surface area contributed by atoms with Gasteiger partial charge in [-0.05, 0) is 64.4 Å². The van der Waals surface area contributed by atoms with Crippen molar-refractivity contribution >= 4 is 40.2 Å². The molecule has 0 radical (unpaired) electrons. The summed E-state index contributed by atoms with van der Waals surface area (Å²) in [5.74, 6) is -0.147. The third-order valence-corrected chi connectivity index (χ3v) is 7.62. The van der Waals surface area contributed by atoms with Crippen molar-refractivity contribution in [2.24, 2.45) is 5.92 Å². The molecule has 1 heterocycles. The Bertz CT molecular complexity index is 849. The molecule has 0 bridgehead atoms. The lowest BCUT2D eigenvalue weighted by Crippen LogP contribution is -2.43. The van der Waals surface area contributed by atoms with E-state index in [2.05, 4.69) is 29.0 Å². The predicted octanol–water partition coefficient (Wildman–Crippen LogP) is 4.39. The number of esters is 1. The fourth-order valence-corrected chi connectivity index (χ4v) is 5.77. The van der Waals surface area contributed by atoms with Gasteiger partial charge in [0.25, 0.3) is 0 Å². The van der Waals surface area contributed by atoms with Crippen LogP contribution in [-0.4, -0.2) is 30.1 Å². The van der Waals surface area contributed by atoms with Crippen LogP contribution in [0.2, 0.25) is 0 Å². The van der Waals surface area contributed by atoms with Crippen LogP contribution in [0.15, 0.2) is 23.3 Å². The van der Waals surface area contributed by atoms with E-state index in [0.29, 0.717) is 44.5 Å². The van der Waals surface area contributed by atoms with Gasteiger partial charge in [-0.25, -0.2) is 4.79 Å². The number of ketones is 1. The quantitative estimate of drug-likeness (QED) is 0.281. The Morgan fingerprint density at radius 1 is 1.41 bits per heavy atom. The van der Waals surface area contributed by atoms with Crippen LogP contribution in [-0.2, 0) is 25.9 Å². The van der Waals surface area contributed by atoms with E-state index in [0.717, 1.165) is 35.1 Å². The maximum absolute atomic E-state index is 13.0. The highest BCUT2D eigenvalue weighted by Crippen LogP contribution is 2.54. The number of aryl methyl sites for hydroxylation is 1. The molecule has 1 aromatic rings. The Kier molecular flexibility index (Phi) is 5.34. The van der Waals surface area contributed by atoms with E-state index < -0.39 is 0 Å². The number of benzene rings is 1. The molecule has 144 valence electrons. The molecule has 7 heteroatoms. The van der Waals surface area contributed by atoms with Gasteiger partial charge >= 0.3 is 5.97 Å². The van der Waals surface area contributed by atoms with E-state index in [1.54, 1.807) is 0 Å². The predicted molar refractivity (Wildman–Crippen MR) is 112 cm³/mol. The SMILES string of the molecule is CC12CCC3=C(COC3=O)C1CC(=O)c1c2ccc(CCCOPI)c1O. The van der Waals surface area contributed by atoms with Crippen molar-refractivity contribution in [1.82, 2.24) is 0 Å². The second-order valence-electron chi connectivity index (χ2n) is 7.70. The lowest BCUT2D eigenvalue weighted by molar-refractivity contribution is -0.136. The molecular weight excluding hydrogens is 478 g/mol. The van der Waals surface area contributed by atoms with Crippen molar-refractivity contribution in [2.75, 3.05) is 13.2 Å². The van der Waals surface area contributed by atoms with Gasteiger partial charge in [0.15, 0.2) is 5.78 Å². The van der Waals surface area contributed by atoms with Gasteiger partial charge in [-0.3, -0.25) is 4.79 Å². The fraction of sp³-hybridized carbons (Fsp3) is 0.500. The van der Waals surface area contributed by atoms with Gasteiger partial charge in [0.05, 0.1) is 18.6 Å². The third-order valence-electron chi connectivity index (χ3n) is 6.37. The molecule has 5 nitrogen and oxygen atoms in total. The highest BCUT2D eigenvalue weighted by molar-refractivity contribution is 14.2. The minimum atomic E-state index is -0.252. The summed E-state index contributed by atoms with van der Waals surface area (Å²) in [4.78, 5) is 24.9. The number of carbonyl (C=O) groups excluding carboxylic acids is 2. The molecule has 3 unspecified atom stereocenters. The van der Waals surface area contributed by atoms with Crippen LogP contribution in [0.1, 0.15) is 54.1 Å². The zero-order valence-electron chi connectivity index (χ0n) is 15.1. The number of hydrogen-bond acceptors (Lipinski definition) is 5. The molecule has 1 N–H and O–H groups in total. The molecule has 1 aliphatic heterocycles. The summed E-state index contributed by atoms with van der Waals surface area (Å²) in [6.07, 6.45) is 3.29. The molecular formula is C20H22IO5P. The van der Waals surface area contributed by atoms with E-state index in [-0.39, 0.29) is 28.8 Å². The largest absolute Gasteiger partial charge is 0.507 e. The van der Waals surface area contributed by atoms with Crippen molar-refractivity contribution < 1.29 is 24.0 Å². The Balaban J connectivity index is 1.70. The summed E-state index contributed by atoms with van der Waals surface area (Å²) in [5.41, 5.74) is 3.72. The van der Waals surface area contributed by atoms with Crippen LogP contribution < -0.4 is 0 Å². The zero-order chi connectivity index (χ0) is 19.2. The van der Waals surface area contributed by atoms with E-state index in [9.17, 15) is 14.7 Å². The molecule has 2 aliphatic carbocycles. The second-order valence-corrected chi connectivity index (χ2v) is 9.47. The van der Waals surface area contributed by atoms with Gasteiger partial charge in [-0.15, -0.1) is 0 Å². The number of hydrogen-bond donors (Lipinski definition) is 1. The molecule has 0 spiro atoms. The van der Waals surface area contributed by atoms with Crippen molar-refractivity contribution in [1.29, 1.82) is 0 Å². The van der Waals surface area contributed by atoms with Crippen LogP contribution in [0.5, 0.6) is 5.75 Å². The molecule has 1 aromatic carbocycles. The molecule has 0 saturated heterocycles. The van der Waals surface area contributed by atoms with Gasteiger partial charge < -0.3 is 14.4 Å². The maximum Gasteiger partial charge on any atom is 0.334 e. The van der Waals surface area contributed by atoms with E-state index in [1.165, 1.54) is 0 Å². The highest BCUT2D eigenvalue weighted by atomic mass is 127. The van der Waals surface area contributed by atoms with Crippen molar-refractivity contribution in [2.45, 2.75) is 44.4 Å². The van der Waals surface area contributed by atoms with Crippen LogP contribution in [0.25, 0.3) is 0 Å². The average Bonchev–Trinajstić information content (AvgIpc) is 3.02. The Morgan fingerprint density at radius 2 is 2.22 bits per heavy atom. The van der Waals surface area contributed by atoms with E-state index >= 15 is 0 Å². The Labute approximate surface area is 173 Å². The van der Waals surface area contributed by atoms with Gasteiger partial charge in [-0.2, -0.15) is 0 Å². The summed E-state index contributed by atoms with van der Waals surface area (Å²) >= 11 is 2.19. The number of ether oxygens (including phenoxy) is 1. The molecule has 27 heavy (non-hydrogen) atoms. The zero-order valence-corrected chi connectivity index (χ0v) is 18.3. The number of cyclic esters (lactones) is 1. The molecule has 0 aromatic heterocycles. The number of carbonyl (C=O) groups is 2. The summed E-state index contributed by atoms with van der Waals surface area (Å²) in [6, 6.07) is 3.96. The average molecular weight is 500 g/mol. The van der Waals surface area contributed by atoms with Crippen LogP contribution >= 0.6 is 28.5 Å². The van der Waals surface area contributed by atoms with Gasteiger partial charge in [0.2, 0.25) is 0 Å². The fourth-order valence-electron chi connectivity index (χ4n) is 4.89. The van der Waals surface area contributed by atoms with Crippen LogP contribution in [0.3, 0.4) is 0 Å². The lowest BCUT2D eigenvalue weighted by Gasteiger charge is -2.46. The van der Waals surface area contributed by atoms with Crippen molar-refractivity contribution in [3.63, 3.8) is 0 Å². The first-order valence-corrected chi connectivity index (χ1v) is 13.2. The number of phenols is 1. The van der Waals surface area contributed by atoms with Gasteiger partial charge in [-0.1, -0.05) is 19.1 Å². The molecule has 3 aliphatic rings. The van der Waals surface area contributed by atoms with E-state index in [1.807, 2.05) is 12.1 Å². The highest BCUT2D eigenvalue weighted by Gasteiger charge is 2.51. The smallest absolute Gasteiger partial charge is 0.334 e. The molecule has 0 saturated carbocycles. The first-order chi connectivity index (χ1) is 13.0. The summed E-state index contributed by atoms with van der Waals surface area (Å²) in [5, 5.41) is 10.8. The Morgan fingerprint density at radius 3 is 3.00 bits per heavy atom. The van der Waals surface area contributed by atoms with Crippen molar-refractivity contribution in [3.05, 3.63) is 40.0 Å². The third kappa shape index (κ3) is 3.14. The monoisotopic (exact) mass is 500 g/mol. The van der Waals surface area contributed by atoms with Gasteiger partial charge in [0, 0.05) is 23.3 Å². The summed E-state index contributed by atoms with van der Waals surface area (Å²) in [7, 11) is 0. The number of phenolic OH excluding ortho intramolecular Hbond substituents is 1. The molecule has 0 fully saturated rings. The molecule has 3 atom stereocenters. The first kappa shape index (κ1) is 19.3. The number of fused-ring (bicyclic) bond motifs is 4. The second kappa shape index (κ2) is 7.45. The maximum atomic E-state index is 13.0. The number of rotatable bonds is 5. The van der Waals surface area contributed by atoms with Crippen LogP contribution in [0, 0.1) is 5.92 Å². The topological polar surface area (TPSA) is 72.8 Å². The standard InChI is InChI=1S/C20H22IO5P/c1-20-7-6-12-13(10-25-19(12)24)15(20)9-16(22)17-14(20)5-4-11(18(17)23)3-2-8-26-27-21/h4-5,15,23,27H,2-3,6-10H2,1H3. The molecule has 0 amide bonds. The molecule has 4 rings (SSSR count). The summed E-state index contributed by atoms with van der Waals surface area (Å²) in [6.45, 7) is 3.54. The number of aromatic hydroxyl groups is 1.